The summed E-state index contributed by atoms with van der Waals surface area (Å²) in [5, 5.41) is 0. The second-order valence-electron chi connectivity index (χ2n) is 2.55. The number of hydrogen-bond acceptors (Lipinski definition) is 3. The Kier molecular flexibility index (Phi) is 3.43. The molecule has 0 heterocycles. The van der Waals surface area contributed by atoms with E-state index >= 15 is 0 Å². The average molecular weight is 182 g/mol. The molecule has 0 atom stereocenters. The van der Waals surface area contributed by atoms with Gasteiger partial charge in [-0.25, -0.2) is 0 Å². The number of allylic oxidation sites excluding steroid dienone is 3. The molecule has 13 heavy (non-hydrogen) atoms. The minimum atomic E-state index is 0.717. The van der Waals surface area contributed by atoms with E-state index in [9.17, 15) is 0 Å². The Morgan fingerprint density at radius 2 is 1.62 bits per heavy atom. The van der Waals surface area contributed by atoms with Crippen LogP contribution in [0.3, 0.4) is 0 Å². The monoisotopic (exact) mass is 182 g/mol. The Bertz CT molecular complexity index is 261. The molecule has 3 heteroatoms. The van der Waals surface area contributed by atoms with Gasteiger partial charge in [0, 0.05) is 6.42 Å². The van der Waals surface area contributed by atoms with Gasteiger partial charge in [0.1, 0.15) is 0 Å². The van der Waals surface area contributed by atoms with Crippen molar-refractivity contribution in [2.75, 3.05) is 21.3 Å². The summed E-state index contributed by atoms with van der Waals surface area (Å²) in [4.78, 5) is 0. The third-order valence-electron chi connectivity index (χ3n) is 1.85. The lowest BCUT2D eigenvalue weighted by molar-refractivity contribution is 0.219. The molecular weight excluding hydrogens is 168 g/mol. The van der Waals surface area contributed by atoms with Gasteiger partial charge in [-0.1, -0.05) is 0 Å². The van der Waals surface area contributed by atoms with Gasteiger partial charge in [0.2, 0.25) is 0 Å². The van der Waals surface area contributed by atoms with Crippen LogP contribution < -0.4 is 0 Å². The van der Waals surface area contributed by atoms with Gasteiger partial charge in [-0.15, -0.1) is 0 Å². The maximum Gasteiger partial charge on any atom is 0.160 e. The summed E-state index contributed by atoms with van der Waals surface area (Å²) < 4.78 is 15.4. The van der Waals surface area contributed by atoms with Crippen LogP contribution in [0, 0.1) is 0 Å². The minimum Gasteiger partial charge on any atom is -0.501 e. The van der Waals surface area contributed by atoms with Crippen molar-refractivity contribution in [2.45, 2.75) is 6.42 Å². The Morgan fingerprint density at radius 3 is 2.15 bits per heavy atom. The lowest BCUT2D eigenvalue weighted by atomic mass is 10.3. The Labute approximate surface area is 78.3 Å². The van der Waals surface area contributed by atoms with Crippen molar-refractivity contribution in [2.24, 2.45) is 0 Å². The standard InChI is InChI=1S/C10H14O3/c1-11-8-4-6-9(12-2)10(13-3)7-5-8/h4,6-7H,5H2,1-3H3. The quantitative estimate of drug-likeness (QED) is 0.668. The van der Waals surface area contributed by atoms with E-state index in [0.717, 1.165) is 23.7 Å². The van der Waals surface area contributed by atoms with E-state index < -0.39 is 0 Å². The van der Waals surface area contributed by atoms with Crippen molar-refractivity contribution in [3.63, 3.8) is 0 Å². The predicted molar refractivity (Wildman–Crippen MR) is 49.9 cm³/mol. The van der Waals surface area contributed by atoms with Crippen LogP contribution in [-0.4, -0.2) is 21.3 Å². The molecule has 0 aliphatic heterocycles. The smallest absolute Gasteiger partial charge is 0.160 e. The summed E-state index contributed by atoms with van der Waals surface area (Å²) in [6.45, 7) is 0. The fraction of sp³-hybridized carbons (Fsp3) is 0.400. The van der Waals surface area contributed by atoms with Gasteiger partial charge in [-0.3, -0.25) is 0 Å². The summed E-state index contributed by atoms with van der Waals surface area (Å²) in [5.74, 6) is 2.35. The van der Waals surface area contributed by atoms with Gasteiger partial charge in [0.05, 0.1) is 27.1 Å². The van der Waals surface area contributed by atoms with Gasteiger partial charge < -0.3 is 14.2 Å². The SMILES string of the molecule is COC1=CC=C(OC)C(OC)=CC1. The van der Waals surface area contributed by atoms with Crippen LogP contribution in [0.5, 0.6) is 0 Å². The molecule has 0 N–H and O–H groups in total. The fourth-order valence-electron chi connectivity index (χ4n) is 1.12. The molecule has 0 saturated heterocycles. The van der Waals surface area contributed by atoms with E-state index in [0.29, 0.717) is 0 Å². The molecule has 1 aliphatic rings. The molecule has 0 saturated carbocycles. The predicted octanol–water partition coefficient (Wildman–Crippen LogP) is 1.98. The number of hydrogen-bond donors (Lipinski definition) is 0. The zero-order valence-corrected chi connectivity index (χ0v) is 8.16. The first kappa shape index (κ1) is 9.71. The average Bonchev–Trinajstić information content (AvgIpc) is 2.38. The molecule has 0 aromatic carbocycles. The lowest BCUT2D eigenvalue weighted by Gasteiger charge is -2.07. The second kappa shape index (κ2) is 4.60. The highest BCUT2D eigenvalue weighted by atomic mass is 16.5. The molecule has 0 unspecified atom stereocenters. The highest BCUT2D eigenvalue weighted by Crippen LogP contribution is 2.19. The minimum absolute atomic E-state index is 0.717. The Hall–Kier alpha value is -1.38. The topological polar surface area (TPSA) is 27.7 Å². The van der Waals surface area contributed by atoms with Crippen LogP contribution in [0.15, 0.2) is 35.5 Å². The summed E-state index contributed by atoms with van der Waals surface area (Å²) in [6, 6.07) is 0. The zero-order valence-electron chi connectivity index (χ0n) is 8.16. The molecule has 1 aliphatic carbocycles. The summed E-state index contributed by atoms with van der Waals surface area (Å²) in [7, 11) is 4.89. The first-order chi connectivity index (χ1) is 6.31. The highest BCUT2D eigenvalue weighted by Gasteiger charge is 2.08. The van der Waals surface area contributed by atoms with E-state index in [4.69, 9.17) is 14.2 Å². The van der Waals surface area contributed by atoms with Crippen LogP contribution in [0.1, 0.15) is 6.42 Å². The summed E-state index contributed by atoms with van der Waals surface area (Å²) in [5.41, 5.74) is 0. The van der Waals surface area contributed by atoms with Crippen LogP contribution in [0.4, 0.5) is 0 Å². The van der Waals surface area contributed by atoms with Crippen LogP contribution in [-0.2, 0) is 14.2 Å². The maximum atomic E-state index is 5.15. The molecule has 0 bridgehead atoms. The third-order valence-corrected chi connectivity index (χ3v) is 1.85. The molecule has 3 nitrogen and oxygen atoms in total. The first-order valence-electron chi connectivity index (χ1n) is 4.05. The maximum absolute atomic E-state index is 5.15. The van der Waals surface area contributed by atoms with Crippen molar-refractivity contribution < 1.29 is 14.2 Å². The first-order valence-corrected chi connectivity index (χ1v) is 4.05. The second-order valence-corrected chi connectivity index (χ2v) is 2.55. The van der Waals surface area contributed by atoms with Gasteiger partial charge in [0.25, 0.3) is 0 Å². The zero-order chi connectivity index (χ0) is 9.68. The molecule has 0 amide bonds. The Morgan fingerprint density at radius 1 is 0.923 bits per heavy atom. The van der Waals surface area contributed by atoms with Crippen LogP contribution >= 0.6 is 0 Å². The van der Waals surface area contributed by atoms with Gasteiger partial charge in [0.15, 0.2) is 11.5 Å². The van der Waals surface area contributed by atoms with Gasteiger partial charge >= 0.3 is 0 Å². The highest BCUT2D eigenvalue weighted by molar-refractivity contribution is 5.29. The van der Waals surface area contributed by atoms with Gasteiger partial charge in [-0.05, 0) is 18.2 Å². The molecule has 0 aromatic heterocycles. The van der Waals surface area contributed by atoms with E-state index in [1.54, 1.807) is 21.3 Å². The summed E-state index contributed by atoms with van der Waals surface area (Å²) >= 11 is 0. The van der Waals surface area contributed by atoms with E-state index in [-0.39, 0.29) is 0 Å². The van der Waals surface area contributed by atoms with E-state index in [1.807, 2.05) is 18.2 Å². The van der Waals surface area contributed by atoms with Crippen LogP contribution in [0.25, 0.3) is 0 Å². The molecule has 0 radical (unpaired) electrons. The van der Waals surface area contributed by atoms with E-state index in [1.165, 1.54) is 0 Å². The third kappa shape index (κ3) is 2.28. The fourth-order valence-corrected chi connectivity index (χ4v) is 1.12. The number of methoxy groups -OCH3 is 3. The molecule has 0 fully saturated rings. The normalized spacial score (nSPS) is 16.4. The van der Waals surface area contributed by atoms with Crippen molar-refractivity contribution in [1.82, 2.24) is 0 Å². The Balaban J connectivity index is 2.87. The van der Waals surface area contributed by atoms with Crippen LogP contribution in [0.2, 0.25) is 0 Å². The number of rotatable bonds is 3. The molecule has 72 valence electrons. The molecule has 0 aromatic rings. The van der Waals surface area contributed by atoms with Crippen molar-refractivity contribution >= 4 is 0 Å². The molecule has 1 rings (SSSR count). The van der Waals surface area contributed by atoms with Gasteiger partial charge in [-0.2, -0.15) is 0 Å². The largest absolute Gasteiger partial charge is 0.501 e. The van der Waals surface area contributed by atoms with Crippen molar-refractivity contribution in [3.05, 3.63) is 35.5 Å². The number of ether oxygens (including phenoxy) is 3. The summed E-state index contributed by atoms with van der Waals surface area (Å²) in [6.07, 6.45) is 6.36. The lowest BCUT2D eigenvalue weighted by Crippen LogP contribution is -1.93. The molecular formula is C10H14O3. The van der Waals surface area contributed by atoms with E-state index in [2.05, 4.69) is 0 Å². The van der Waals surface area contributed by atoms with Crippen molar-refractivity contribution in [3.8, 4) is 0 Å². The molecule has 0 spiro atoms. The van der Waals surface area contributed by atoms with Crippen molar-refractivity contribution in [1.29, 1.82) is 0 Å².